The second-order valence-electron chi connectivity index (χ2n) is 4.59. The summed E-state index contributed by atoms with van der Waals surface area (Å²) in [4.78, 5) is 23.5. The van der Waals surface area contributed by atoms with E-state index in [4.69, 9.17) is 4.74 Å². The average Bonchev–Trinajstić information content (AvgIpc) is 2.42. The highest BCUT2D eigenvalue weighted by Crippen LogP contribution is 2.35. The molecule has 2 N–H and O–H groups in total. The van der Waals surface area contributed by atoms with Gasteiger partial charge in [0.25, 0.3) is 0 Å². The Balaban J connectivity index is 2.24. The summed E-state index contributed by atoms with van der Waals surface area (Å²) in [7, 11) is 1.43. The zero-order valence-electron chi connectivity index (χ0n) is 11.1. The minimum absolute atomic E-state index is 0.205. The first kappa shape index (κ1) is 15.1. The maximum absolute atomic E-state index is 12.2. The topological polar surface area (TPSA) is 67.4 Å². The molecular weight excluding hydrogens is 289 g/mol. The van der Waals surface area contributed by atoms with Crippen molar-refractivity contribution in [3.05, 3.63) is 23.8 Å². The summed E-state index contributed by atoms with van der Waals surface area (Å²) in [5, 5.41) is 4.38. The van der Waals surface area contributed by atoms with E-state index in [2.05, 4.69) is 5.32 Å². The number of benzene rings is 1. The van der Waals surface area contributed by atoms with Crippen LogP contribution in [0.15, 0.2) is 18.2 Å². The maximum atomic E-state index is 12.2. The number of amides is 2. The summed E-state index contributed by atoms with van der Waals surface area (Å²) in [6.07, 6.45) is -4.70. The Morgan fingerprint density at radius 1 is 1.48 bits per heavy atom. The van der Waals surface area contributed by atoms with Crippen LogP contribution in [0, 0.1) is 0 Å². The van der Waals surface area contributed by atoms with Gasteiger partial charge in [0, 0.05) is 12.1 Å². The zero-order chi connectivity index (χ0) is 15.6. The number of methoxy groups -OCH3 is 1. The first-order valence-corrected chi connectivity index (χ1v) is 6.12. The number of ether oxygens (including phenoxy) is 1. The van der Waals surface area contributed by atoms with Crippen molar-refractivity contribution in [1.29, 1.82) is 0 Å². The van der Waals surface area contributed by atoms with Crippen molar-refractivity contribution in [2.75, 3.05) is 19.0 Å². The van der Waals surface area contributed by atoms with Crippen LogP contribution in [-0.2, 0) is 9.59 Å². The van der Waals surface area contributed by atoms with Crippen molar-refractivity contribution in [2.45, 2.75) is 18.5 Å². The fraction of sp³-hybridized carbons (Fsp3) is 0.385. The van der Waals surface area contributed by atoms with Crippen molar-refractivity contribution in [2.24, 2.45) is 0 Å². The van der Waals surface area contributed by atoms with E-state index in [1.807, 2.05) is 0 Å². The molecule has 114 valence electrons. The Hall–Kier alpha value is -2.25. The zero-order valence-corrected chi connectivity index (χ0v) is 11.1. The lowest BCUT2D eigenvalue weighted by Gasteiger charge is -2.25. The molecule has 0 fully saturated rings. The van der Waals surface area contributed by atoms with Gasteiger partial charge in [-0.2, -0.15) is 13.2 Å². The van der Waals surface area contributed by atoms with E-state index < -0.39 is 30.5 Å². The van der Waals surface area contributed by atoms with E-state index in [1.54, 1.807) is 17.4 Å². The molecule has 0 aromatic heterocycles. The molecule has 0 saturated heterocycles. The van der Waals surface area contributed by atoms with Gasteiger partial charge in [0.2, 0.25) is 11.8 Å². The third-order valence-corrected chi connectivity index (χ3v) is 3.08. The van der Waals surface area contributed by atoms with E-state index in [1.165, 1.54) is 13.2 Å². The van der Waals surface area contributed by atoms with Crippen LogP contribution in [0.25, 0.3) is 0 Å². The lowest BCUT2D eigenvalue weighted by atomic mass is 9.89. The van der Waals surface area contributed by atoms with Crippen LogP contribution in [0.1, 0.15) is 17.9 Å². The number of carbonyl (C=O) groups excluding carboxylic acids is 2. The van der Waals surface area contributed by atoms with Crippen molar-refractivity contribution < 1.29 is 27.5 Å². The highest BCUT2D eigenvalue weighted by atomic mass is 19.4. The molecule has 8 heteroatoms. The molecule has 1 aliphatic heterocycles. The largest absolute Gasteiger partial charge is 0.497 e. The number of nitrogens with one attached hydrogen (secondary N) is 2. The maximum Gasteiger partial charge on any atom is 0.405 e. The van der Waals surface area contributed by atoms with Crippen LogP contribution in [0.2, 0.25) is 0 Å². The third kappa shape index (κ3) is 3.65. The summed E-state index contributed by atoms with van der Waals surface area (Å²) in [5.74, 6) is -1.76. The highest BCUT2D eigenvalue weighted by Gasteiger charge is 2.34. The minimum atomic E-state index is -4.50. The fourth-order valence-electron chi connectivity index (χ4n) is 2.11. The summed E-state index contributed by atoms with van der Waals surface area (Å²) >= 11 is 0. The standard InChI is InChI=1S/C13H13F3N2O3/c1-21-7-2-3-10-8(4-7)9(5-11(19)18-10)12(20)17-6-13(14,15)16/h2-4,9H,5-6H2,1H3,(H,17,20)(H,18,19)/t9-/m1/s1. The number of halogens is 3. The molecule has 1 aliphatic rings. The molecule has 0 aliphatic carbocycles. The predicted molar refractivity (Wildman–Crippen MR) is 68.0 cm³/mol. The van der Waals surface area contributed by atoms with Crippen molar-refractivity contribution in [3.8, 4) is 5.75 Å². The van der Waals surface area contributed by atoms with Gasteiger partial charge in [0.15, 0.2) is 0 Å². The van der Waals surface area contributed by atoms with Gasteiger partial charge in [-0.15, -0.1) is 0 Å². The van der Waals surface area contributed by atoms with E-state index in [0.717, 1.165) is 0 Å². The van der Waals surface area contributed by atoms with Gasteiger partial charge in [-0.05, 0) is 23.8 Å². The van der Waals surface area contributed by atoms with Crippen molar-refractivity contribution >= 4 is 17.5 Å². The number of hydrogen-bond acceptors (Lipinski definition) is 3. The molecule has 2 rings (SSSR count). The Kier molecular flexibility index (Phi) is 4.06. The van der Waals surface area contributed by atoms with Crippen molar-refractivity contribution in [1.82, 2.24) is 5.32 Å². The Morgan fingerprint density at radius 3 is 2.81 bits per heavy atom. The first-order valence-electron chi connectivity index (χ1n) is 6.12. The van der Waals surface area contributed by atoms with Gasteiger partial charge in [-0.3, -0.25) is 9.59 Å². The van der Waals surface area contributed by atoms with Gasteiger partial charge < -0.3 is 15.4 Å². The molecule has 1 atom stereocenters. The molecule has 0 bridgehead atoms. The SMILES string of the molecule is COc1ccc2c(c1)[C@H](C(=O)NCC(F)(F)F)CC(=O)N2. The Bertz CT molecular complexity index is 572. The third-order valence-electron chi connectivity index (χ3n) is 3.08. The van der Waals surface area contributed by atoms with Gasteiger partial charge in [-0.1, -0.05) is 0 Å². The van der Waals surface area contributed by atoms with Gasteiger partial charge >= 0.3 is 6.18 Å². The number of hydrogen-bond donors (Lipinski definition) is 2. The van der Waals surface area contributed by atoms with Crippen molar-refractivity contribution in [3.63, 3.8) is 0 Å². The summed E-state index contributed by atoms with van der Waals surface area (Å²) in [6, 6.07) is 4.68. The number of rotatable bonds is 3. The number of carbonyl (C=O) groups is 2. The smallest absolute Gasteiger partial charge is 0.405 e. The monoisotopic (exact) mass is 302 g/mol. The van der Waals surface area contributed by atoms with Crippen LogP contribution in [0.4, 0.5) is 18.9 Å². The summed E-state index contributed by atoms with van der Waals surface area (Å²) in [6.45, 7) is -1.43. The molecule has 5 nitrogen and oxygen atoms in total. The summed E-state index contributed by atoms with van der Waals surface area (Å²) in [5.41, 5.74) is 0.841. The molecule has 0 saturated carbocycles. The molecule has 0 radical (unpaired) electrons. The second-order valence-corrected chi connectivity index (χ2v) is 4.59. The van der Waals surface area contributed by atoms with E-state index in [-0.39, 0.29) is 6.42 Å². The van der Waals surface area contributed by atoms with Crippen LogP contribution >= 0.6 is 0 Å². The molecule has 1 heterocycles. The van der Waals surface area contributed by atoms with E-state index in [0.29, 0.717) is 17.0 Å². The lowest BCUT2D eigenvalue weighted by molar-refractivity contribution is -0.139. The number of alkyl halides is 3. The molecule has 1 aromatic carbocycles. The predicted octanol–water partition coefficient (Wildman–Crippen LogP) is 1.80. The van der Waals surface area contributed by atoms with Gasteiger partial charge in [0.1, 0.15) is 12.3 Å². The first-order chi connectivity index (χ1) is 9.80. The molecule has 2 amide bonds. The minimum Gasteiger partial charge on any atom is -0.497 e. The van der Waals surface area contributed by atoms with Gasteiger partial charge in [0.05, 0.1) is 13.0 Å². The average molecular weight is 302 g/mol. The molecular formula is C13H13F3N2O3. The quantitative estimate of drug-likeness (QED) is 0.894. The fourth-order valence-corrected chi connectivity index (χ4v) is 2.11. The van der Waals surface area contributed by atoms with Crippen LogP contribution in [0.5, 0.6) is 5.75 Å². The lowest BCUT2D eigenvalue weighted by Crippen LogP contribution is -2.39. The van der Waals surface area contributed by atoms with Crippen LogP contribution in [0.3, 0.4) is 0 Å². The number of fused-ring (bicyclic) bond motifs is 1. The van der Waals surface area contributed by atoms with E-state index >= 15 is 0 Å². The summed E-state index contributed by atoms with van der Waals surface area (Å²) < 4.78 is 41.5. The highest BCUT2D eigenvalue weighted by molar-refractivity contribution is 6.01. The second kappa shape index (κ2) is 5.63. The van der Waals surface area contributed by atoms with Crippen LogP contribution < -0.4 is 15.4 Å². The molecule has 21 heavy (non-hydrogen) atoms. The normalized spacial score (nSPS) is 17.7. The Morgan fingerprint density at radius 2 is 2.19 bits per heavy atom. The van der Waals surface area contributed by atoms with Gasteiger partial charge in [-0.25, -0.2) is 0 Å². The molecule has 1 aromatic rings. The number of anilines is 1. The molecule has 0 spiro atoms. The Labute approximate surface area is 118 Å². The van der Waals surface area contributed by atoms with Crippen LogP contribution in [-0.4, -0.2) is 31.6 Å². The molecule has 0 unspecified atom stereocenters. The van der Waals surface area contributed by atoms with E-state index in [9.17, 15) is 22.8 Å².